The van der Waals surface area contributed by atoms with Crippen molar-refractivity contribution in [1.29, 1.82) is 0 Å². The Morgan fingerprint density at radius 3 is 2.72 bits per heavy atom. The van der Waals surface area contributed by atoms with Gasteiger partial charge in [0.2, 0.25) is 0 Å². The highest BCUT2D eigenvalue weighted by atomic mass is 32.2. The molecule has 0 radical (unpaired) electrons. The van der Waals surface area contributed by atoms with Crippen LogP contribution in [0.15, 0.2) is 35.9 Å². The Bertz CT molecular complexity index is 658. The minimum atomic E-state index is -2.48. The van der Waals surface area contributed by atoms with Crippen LogP contribution in [0.3, 0.4) is 0 Å². The number of benzene rings is 1. The number of anilines is 1. The molecule has 1 aliphatic rings. The Balaban J connectivity index is 2.25. The van der Waals surface area contributed by atoms with Crippen LogP contribution in [0.5, 0.6) is 0 Å². The Kier molecular flexibility index (Phi) is 7.15. The highest BCUT2D eigenvalue weighted by molar-refractivity contribution is 7.80. The van der Waals surface area contributed by atoms with Gasteiger partial charge in [0.05, 0.1) is 25.3 Å². The molecule has 0 saturated heterocycles. The molecule has 25 heavy (non-hydrogen) atoms. The molecule has 2 unspecified atom stereocenters. The second-order valence-corrected chi connectivity index (χ2v) is 6.35. The molecule has 8 heteroatoms. The van der Waals surface area contributed by atoms with E-state index < -0.39 is 17.2 Å². The fourth-order valence-electron chi connectivity index (χ4n) is 2.91. The Hall–Kier alpha value is -2.19. The van der Waals surface area contributed by atoms with E-state index in [0.717, 1.165) is 18.4 Å². The average molecular weight is 366 g/mol. The molecular formula is C17H20NO6S-. The number of nitrogens with zero attached hydrogens (tertiary/aromatic N) is 1. The fraction of sp³-hybridized carbons (Fsp3) is 0.412. The van der Waals surface area contributed by atoms with Gasteiger partial charge < -0.3 is 14.0 Å². The third kappa shape index (κ3) is 4.90. The zero-order valence-corrected chi connectivity index (χ0v) is 14.7. The maximum absolute atomic E-state index is 11.9. The van der Waals surface area contributed by atoms with Crippen LogP contribution in [0.2, 0.25) is 0 Å². The summed E-state index contributed by atoms with van der Waals surface area (Å²) in [5, 5.41) is 0. The van der Waals surface area contributed by atoms with E-state index in [1.807, 2.05) is 6.08 Å². The number of rotatable bonds is 8. The first kappa shape index (κ1) is 19.1. The van der Waals surface area contributed by atoms with E-state index in [1.54, 1.807) is 12.1 Å². The van der Waals surface area contributed by atoms with Crippen LogP contribution in [0, 0.1) is 0 Å². The summed E-state index contributed by atoms with van der Waals surface area (Å²) in [6.07, 6.45) is 4.91. The summed E-state index contributed by atoms with van der Waals surface area (Å²) >= 11 is -2.48. The molecule has 2 rings (SSSR count). The molecule has 1 aromatic rings. The Morgan fingerprint density at radius 2 is 2.12 bits per heavy atom. The highest BCUT2D eigenvalue weighted by Crippen LogP contribution is 2.31. The molecule has 0 heterocycles. The van der Waals surface area contributed by atoms with Crippen molar-refractivity contribution in [3.8, 4) is 0 Å². The van der Waals surface area contributed by atoms with Crippen LogP contribution < -0.4 is 4.31 Å². The highest BCUT2D eigenvalue weighted by Gasteiger charge is 2.26. The van der Waals surface area contributed by atoms with E-state index in [9.17, 15) is 18.4 Å². The monoisotopic (exact) mass is 366 g/mol. The van der Waals surface area contributed by atoms with Crippen molar-refractivity contribution < 1.29 is 27.8 Å². The summed E-state index contributed by atoms with van der Waals surface area (Å²) in [5.74, 6) is -0.481. The minimum absolute atomic E-state index is 0.215. The van der Waals surface area contributed by atoms with Gasteiger partial charge in [-0.1, -0.05) is 6.08 Å². The second-order valence-electron chi connectivity index (χ2n) is 5.52. The van der Waals surface area contributed by atoms with E-state index in [1.165, 1.54) is 23.5 Å². The lowest BCUT2D eigenvalue weighted by Gasteiger charge is -2.38. The van der Waals surface area contributed by atoms with E-state index in [-0.39, 0.29) is 12.6 Å². The summed E-state index contributed by atoms with van der Waals surface area (Å²) in [6.45, 7) is 0.597. The molecule has 1 aromatic carbocycles. The Labute approximate surface area is 149 Å². The van der Waals surface area contributed by atoms with E-state index >= 15 is 0 Å². The van der Waals surface area contributed by atoms with Crippen molar-refractivity contribution in [1.82, 2.24) is 0 Å². The van der Waals surface area contributed by atoms with Gasteiger partial charge in [-0.15, -0.1) is 0 Å². The number of carbonyl (C=O) groups excluding carboxylic acids is 2. The zero-order chi connectivity index (χ0) is 18.2. The predicted molar refractivity (Wildman–Crippen MR) is 91.5 cm³/mol. The van der Waals surface area contributed by atoms with E-state index in [4.69, 9.17) is 4.74 Å². The van der Waals surface area contributed by atoms with Crippen LogP contribution in [0.1, 0.15) is 36.0 Å². The molecule has 2 atom stereocenters. The predicted octanol–water partition coefficient (Wildman–Crippen LogP) is 2.12. The van der Waals surface area contributed by atoms with Gasteiger partial charge in [0.25, 0.3) is 6.47 Å². The molecule has 0 amide bonds. The molecular weight excluding hydrogens is 346 g/mol. The standard InChI is InChI=1S/C17H21NO6S/c1-23-17(20)14-6-8-15(9-7-14)18(25(21)22)16-5-3-2-4-13(16)10-11-24-12-19/h4,6-9,12,16H,2-3,5,10-11H2,1H3,(H,21,22)/p-1. The lowest BCUT2D eigenvalue weighted by Crippen LogP contribution is -2.39. The van der Waals surface area contributed by atoms with E-state index in [0.29, 0.717) is 30.6 Å². The van der Waals surface area contributed by atoms with Crippen LogP contribution in [-0.4, -0.2) is 41.0 Å². The maximum atomic E-state index is 11.9. The van der Waals surface area contributed by atoms with Crippen molar-refractivity contribution in [2.45, 2.75) is 31.7 Å². The molecule has 0 saturated carbocycles. The van der Waals surface area contributed by atoms with Gasteiger partial charge in [-0.2, -0.15) is 0 Å². The van der Waals surface area contributed by atoms with Crippen molar-refractivity contribution in [3.05, 3.63) is 41.5 Å². The number of hydrogen-bond donors (Lipinski definition) is 0. The first-order chi connectivity index (χ1) is 12.1. The maximum Gasteiger partial charge on any atom is 0.337 e. The van der Waals surface area contributed by atoms with Gasteiger partial charge in [-0.3, -0.25) is 13.3 Å². The van der Waals surface area contributed by atoms with Gasteiger partial charge in [0.15, 0.2) is 0 Å². The van der Waals surface area contributed by atoms with Crippen LogP contribution in [0.25, 0.3) is 0 Å². The van der Waals surface area contributed by atoms with Crippen molar-refractivity contribution in [3.63, 3.8) is 0 Å². The fourth-order valence-corrected chi connectivity index (χ4v) is 3.66. The van der Waals surface area contributed by atoms with Crippen molar-refractivity contribution in [2.75, 3.05) is 18.0 Å². The lowest BCUT2D eigenvalue weighted by atomic mass is 9.91. The summed E-state index contributed by atoms with van der Waals surface area (Å²) in [4.78, 5) is 21.8. The number of methoxy groups -OCH3 is 1. The number of allylic oxidation sites excluding steroid dienone is 1. The largest absolute Gasteiger partial charge is 0.755 e. The summed E-state index contributed by atoms with van der Waals surface area (Å²) in [5.41, 5.74) is 1.74. The second kappa shape index (κ2) is 9.33. The van der Waals surface area contributed by atoms with E-state index in [2.05, 4.69) is 4.74 Å². The first-order valence-electron chi connectivity index (χ1n) is 7.89. The third-order valence-electron chi connectivity index (χ3n) is 4.08. The molecule has 1 aliphatic carbocycles. The SMILES string of the molecule is COC(=O)c1ccc(N(C2CCCC=C2CCOC=O)S(=O)[O-])cc1. The molecule has 0 bridgehead atoms. The molecule has 0 N–H and O–H groups in total. The summed E-state index contributed by atoms with van der Waals surface area (Å²) in [6, 6.07) is 5.89. The average Bonchev–Trinajstić information content (AvgIpc) is 2.63. The lowest BCUT2D eigenvalue weighted by molar-refractivity contribution is -0.128. The van der Waals surface area contributed by atoms with Crippen LogP contribution >= 0.6 is 0 Å². The molecule has 0 spiro atoms. The molecule has 0 fully saturated rings. The molecule has 136 valence electrons. The van der Waals surface area contributed by atoms with Gasteiger partial charge >= 0.3 is 5.97 Å². The molecule has 0 aliphatic heterocycles. The smallest absolute Gasteiger partial charge is 0.337 e. The van der Waals surface area contributed by atoms with Crippen molar-refractivity contribution >= 4 is 29.4 Å². The van der Waals surface area contributed by atoms with Crippen LogP contribution in [-0.2, 0) is 25.5 Å². The molecule has 7 nitrogen and oxygen atoms in total. The van der Waals surface area contributed by atoms with Gasteiger partial charge in [-0.25, -0.2) is 4.79 Å². The number of carbonyl (C=O) groups is 2. The summed E-state index contributed by atoms with van der Waals surface area (Å²) in [7, 11) is 1.29. The third-order valence-corrected chi connectivity index (χ3v) is 4.87. The quantitative estimate of drug-likeness (QED) is 0.230. The number of hydrogen-bond acceptors (Lipinski definition) is 6. The Morgan fingerprint density at radius 1 is 1.40 bits per heavy atom. The topological polar surface area (TPSA) is 96.0 Å². The summed E-state index contributed by atoms with van der Waals surface area (Å²) < 4.78 is 34.4. The van der Waals surface area contributed by atoms with Gasteiger partial charge in [-0.05, 0) is 49.1 Å². The van der Waals surface area contributed by atoms with Gasteiger partial charge in [0, 0.05) is 23.4 Å². The first-order valence-corrected chi connectivity index (χ1v) is 8.92. The molecule has 0 aromatic heterocycles. The van der Waals surface area contributed by atoms with Gasteiger partial charge in [0.1, 0.15) is 0 Å². The van der Waals surface area contributed by atoms with Crippen LogP contribution in [0.4, 0.5) is 5.69 Å². The number of esters is 1. The minimum Gasteiger partial charge on any atom is -0.755 e. The number of ether oxygens (including phenoxy) is 2. The van der Waals surface area contributed by atoms with Crippen molar-refractivity contribution in [2.24, 2.45) is 0 Å². The zero-order valence-electron chi connectivity index (χ0n) is 13.9. The normalized spacial score (nSPS) is 18.0.